The molecular weight excluding hydrogens is 621 g/mol. The number of nitriles is 1. The number of anilines is 2. The number of alkyl halides is 1. The molecule has 0 radical (unpaired) electrons. The first-order chi connectivity index (χ1) is 22.7. The van der Waals surface area contributed by atoms with Crippen molar-refractivity contribution in [2.24, 2.45) is 0 Å². The Balaban J connectivity index is 1.31. The molecule has 3 aliphatic heterocycles. The molecule has 3 aromatic rings. The summed E-state index contributed by atoms with van der Waals surface area (Å²) in [6, 6.07) is 14.2. The van der Waals surface area contributed by atoms with E-state index in [9.17, 15) is 14.4 Å². The van der Waals surface area contributed by atoms with Crippen LogP contribution in [-0.2, 0) is 22.5 Å². The first-order valence-corrected chi connectivity index (χ1v) is 16.5. The van der Waals surface area contributed by atoms with E-state index in [1.165, 1.54) is 6.08 Å². The molecule has 3 aliphatic rings. The Labute approximate surface area is 280 Å². The highest BCUT2D eigenvalue weighted by Gasteiger charge is 2.40. The number of carbonyl (C=O) groups is 1. The molecule has 47 heavy (non-hydrogen) atoms. The fraction of sp³-hybridized carbons (Fsp3) is 0.486. The second-order valence-electron chi connectivity index (χ2n) is 12.9. The lowest BCUT2D eigenvalue weighted by atomic mass is 10.0. The number of hydrogen-bond acceptors (Lipinski definition) is 9. The number of rotatable bonds is 9. The van der Waals surface area contributed by atoms with Crippen molar-refractivity contribution < 1.29 is 18.7 Å². The normalized spacial score (nSPS) is 23.4. The number of carbonyl (C=O) groups excluding carboxylic acids is 1. The largest absolute Gasteiger partial charge is 0.462 e. The summed E-state index contributed by atoms with van der Waals surface area (Å²) < 4.78 is 26.1. The number of nitrogens with zero attached hydrogens (tertiary/aromatic N) is 7. The molecule has 1 aromatic heterocycles. The number of hydrogen-bond donors (Lipinski definition) is 0. The topological polar surface area (TPSA) is 98.1 Å². The van der Waals surface area contributed by atoms with Gasteiger partial charge in [-0.1, -0.05) is 41.9 Å². The molecule has 2 aromatic carbocycles. The average Bonchev–Trinajstić information content (AvgIpc) is 3.33. The summed E-state index contributed by atoms with van der Waals surface area (Å²) in [7, 11) is 3.48. The first kappa shape index (κ1) is 32.9. The lowest BCUT2D eigenvalue weighted by molar-refractivity contribution is -0.128. The van der Waals surface area contributed by atoms with Crippen molar-refractivity contribution in [1.82, 2.24) is 19.8 Å². The van der Waals surface area contributed by atoms with Gasteiger partial charge in [-0.3, -0.25) is 9.69 Å². The van der Waals surface area contributed by atoms with Gasteiger partial charge in [0.1, 0.15) is 18.1 Å². The van der Waals surface area contributed by atoms with E-state index in [0.29, 0.717) is 57.2 Å². The molecule has 2 saturated heterocycles. The lowest BCUT2D eigenvalue weighted by Gasteiger charge is -2.42. The highest BCUT2D eigenvalue weighted by atomic mass is 35.5. The van der Waals surface area contributed by atoms with Crippen LogP contribution in [-0.4, -0.2) is 104 Å². The zero-order valence-electron chi connectivity index (χ0n) is 27.2. The maximum Gasteiger partial charge on any atom is 0.318 e. The molecular formula is C35H41ClFN7O3. The molecule has 248 valence electrons. The quantitative estimate of drug-likeness (QED) is 0.300. The van der Waals surface area contributed by atoms with Gasteiger partial charge in [0.05, 0.1) is 42.4 Å². The van der Waals surface area contributed by atoms with E-state index >= 15 is 0 Å². The van der Waals surface area contributed by atoms with Crippen molar-refractivity contribution in [2.45, 2.75) is 50.5 Å². The summed E-state index contributed by atoms with van der Waals surface area (Å²) in [4.78, 5) is 31.1. The van der Waals surface area contributed by atoms with Crippen molar-refractivity contribution in [1.29, 1.82) is 5.26 Å². The fourth-order valence-electron chi connectivity index (χ4n) is 7.14. The maximum atomic E-state index is 14.8. The molecule has 4 heterocycles. The van der Waals surface area contributed by atoms with Crippen LogP contribution >= 0.6 is 11.6 Å². The van der Waals surface area contributed by atoms with E-state index in [-0.39, 0.29) is 37.0 Å². The minimum absolute atomic E-state index is 0.0943. The zero-order chi connectivity index (χ0) is 33.1. The number of benzene rings is 2. The minimum Gasteiger partial charge on any atom is -0.462 e. The number of ether oxygens (including phenoxy) is 2. The van der Waals surface area contributed by atoms with Gasteiger partial charge in [0.25, 0.3) is 0 Å². The van der Waals surface area contributed by atoms with E-state index in [1.807, 2.05) is 30.1 Å². The summed E-state index contributed by atoms with van der Waals surface area (Å²) in [5, 5.41) is 12.4. The van der Waals surface area contributed by atoms with Gasteiger partial charge >= 0.3 is 6.01 Å². The fourth-order valence-corrected chi connectivity index (χ4v) is 7.42. The van der Waals surface area contributed by atoms with Crippen LogP contribution in [0.3, 0.4) is 0 Å². The van der Waals surface area contributed by atoms with Gasteiger partial charge in [-0.05, 0) is 37.9 Å². The predicted molar refractivity (Wildman–Crippen MR) is 181 cm³/mol. The number of fused-ring (bicyclic) bond motifs is 2. The van der Waals surface area contributed by atoms with Gasteiger partial charge < -0.3 is 24.2 Å². The Hall–Kier alpha value is -3.98. The first-order valence-electron chi connectivity index (χ1n) is 16.1. The van der Waals surface area contributed by atoms with Crippen LogP contribution < -0.4 is 14.5 Å². The molecule has 1 amide bonds. The third-order valence-electron chi connectivity index (χ3n) is 9.38. The molecule has 12 heteroatoms. The van der Waals surface area contributed by atoms with Crippen molar-refractivity contribution >= 4 is 39.8 Å². The van der Waals surface area contributed by atoms with Crippen LogP contribution in [0.4, 0.5) is 15.9 Å². The van der Waals surface area contributed by atoms with Crippen LogP contribution in [0.15, 0.2) is 48.6 Å². The van der Waals surface area contributed by atoms with Crippen LogP contribution in [0.2, 0.25) is 5.02 Å². The van der Waals surface area contributed by atoms with Crippen molar-refractivity contribution in [3.63, 3.8) is 0 Å². The molecule has 6 rings (SSSR count). The second-order valence-corrected chi connectivity index (χ2v) is 13.3. The minimum atomic E-state index is -1.27. The van der Waals surface area contributed by atoms with Gasteiger partial charge in [0.2, 0.25) is 5.91 Å². The number of likely N-dealkylation sites (N-methyl/N-ethyl adjacent to an activating group) is 1. The molecule has 10 nitrogen and oxygen atoms in total. The number of methoxy groups -OCH3 is 1. The third kappa shape index (κ3) is 7.15. The monoisotopic (exact) mass is 661 g/mol. The van der Waals surface area contributed by atoms with Crippen molar-refractivity contribution in [3.05, 3.63) is 64.8 Å². The van der Waals surface area contributed by atoms with Gasteiger partial charge in [-0.15, -0.1) is 0 Å². The number of halogens is 2. The van der Waals surface area contributed by atoms with Gasteiger partial charge in [0.15, 0.2) is 0 Å². The van der Waals surface area contributed by atoms with E-state index < -0.39 is 5.67 Å². The summed E-state index contributed by atoms with van der Waals surface area (Å²) >= 11 is 6.71. The molecule has 2 fully saturated rings. The average molecular weight is 662 g/mol. The highest BCUT2D eigenvalue weighted by molar-refractivity contribution is 6.36. The van der Waals surface area contributed by atoms with Gasteiger partial charge in [-0.2, -0.15) is 15.2 Å². The van der Waals surface area contributed by atoms with Crippen LogP contribution in [0.25, 0.3) is 10.8 Å². The second kappa shape index (κ2) is 14.0. The van der Waals surface area contributed by atoms with Gasteiger partial charge in [-0.25, -0.2) is 4.39 Å². The molecule has 3 atom stereocenters. The van der Waals surface area contributed by atoms with E-state index in [0.717, 1.165) is 40.1 Å². The van der Waals surface area contributed by atoms with Crippen molar-refractivity contribution in [2.75, 3.05) is 69.9 Å². The number of aromatic nitrogens is 2. The van der Waals surface area contributed by atoms with Crippen LogP contribution in [0.5, 0.6) is 6.01 Å². The SMILES string of the molecule is COC/C=C/C(=O)N1CCN(c2nc(OC[C@@H]3CC(C)(F)CN3C)nc3c2CCN(c2cccc4cccc(Cl)c24)C3)C[C@@H]1CC#N. The standard InChI is InChI=1S/C35H41ClFN7O3/c1-35(37)19-26(41(2)23-35)22-47-34-39-29-21-42(30-10-5-8-24-7-4-9-28(36)32(24)30)15-13-27(29)33(40-34)43-16-17-44(25(20-43)12-14-38)31(45)11-6-18-46-3/h4-11,25-26H,12-13,15-23H2,1-3H3/b11-6+/t25-,26-,35?/m0/s1. The smallest absolute Gasteiger partial charge is 0.318 e. The predicted octanol–water partition coefficient (Wildman–Crippen LogP) is 4.79. The lowest BCUT2D eigenvalue weighted by Crippen LogP contribution is -2.55. The molecule has 0 bridgehead atoms. The molecule has 0 N–H and O–H groups in total. The Bertz CT molecular complexity index is 1690. The zero-order valence-corrected chi connectivity index (χ0v) is 27.9. The highest BCUT2D eigenvalue weighted by Crippen LogP contribution is 2.37. The Morgan fingerprint density at radius 3 is 2.72 bits per heavy atom. The molecule has 1 unspecified atom stereocenters. The summed E-state index contributed by atoms with van der Waals surface area (Å²) in [5.74, 6) is 0.626. The van der Waals surface area contributed by atoms with Crippen LogP contribution in [0, 0.1) is 11.3 Å². The molecule has 0 spiro atoms. The van der Waals surface area contributed by atoms with Crippen LogP contribution in [0.1, 0.15) is 31.0 Å². The number of likely N-dealkylation sites (tertiary alicyclic amines) is 1. The van der Waals surface area contributed by atoms with Gasteiger partial charge in [0, 0.05) is 75.0 Å². The summed E-state index contributed by atoms with van der Waals surface area (Å²) in [5.41, 5.74) is 1.66. The Morgan fingerprint density at radius 1 is 1.17 bits per heavy atom. The van der Waals surface area contributed by atoms with E-state index in [2.05, 4.69) is 34.1 Å². The Kier molecular flexibility index (Phi) is 9.82. The number of amides is 1. The van der Waals surface area contributed by atoms with E-state index in [4.69, 9.17) is 31.0 Å². The summed E-state index contributed by atoms with van der Waals surface area (Å²) in [6.45, 7) is 5.29. The molecule has 0 aliphatic carbocycles. The molecule has 0 saturated carbocycles. The number of piperazine rings is 1. The van der Waals surface area contributed by atoms with Crippen molar-refractivity contribution in [3.8, 4) is 12.1 Å². The maximum absolute atomic E-state index is 14.8. The summed E-state index contributed by atoms with van der Waals surface area (Å²) in [6.07, 6.45) is 4.46. The third-order valence-corrected chi connectivity index (χ3v) is 9.69. The van der Waals surface area contributed by atoms with E-state index in [1.54, 1.807) is 25.0 Å². The Morgan fingerprint density at radius 2 is 1.98 bits per heavy atom.